The number of ether oxygens (including phenoxy) is 1. The van der Waals surface area contributed by atoms with E-state index in [0.29, 0.717) is 28.4 Å². The van der Waals surface area contributed by atoms with Crippen LogP contribution in [-0.2, 0) is 0 Å². The van der Waals surface area contributed by atoms with Gasteiger partial charge in [0.2, 0.25) is 0 Å². The van der Waals surface area contributed by atoms with Crippen molar-refractivity contribution in [3.05, 3.63) is 53.1 Å². The van der Waals surface area contributed by atoms with Crippen molar-refractivity contribution in [2.24, 2.45) is 0 Å². The highest BCUT2D eigenvalue weighted by atomic mass is 16.5. The van der Waals surface area contributed by atoms with E-state index in [9.17, 15) is 4.79 Å². The van der Waals surface area contributed by atoms with Crippen molar-refractivity contribution >= 4 is 16.9 Å². The van der Waals surface area contributed by atoms with Crippen molar-refractivity contribution in [2.45, 2.75) is 0 Å². The summed E-state index contributed by atoms with van der Waals surface area (Å²) in [7, 11) is 0. The van der Waals surface area contributed by atoms with Gasteiger partial charge in [-0.15, -0.1) is 0 Å². The minimum Gasteiger partial charge on any atom is -0.455 e. The first-order chi connectivity index (χ1) is 9.22. The molecule has 0 saturated heterocycles. The quantitative estimate of drug-likeness (QED) is 0.679. The van der Waals surface area contributed by atoms with E-state index in [-0.39, 0.29) is 5.56 Å². The maximum atomic E-state index is 11.2. The Morgan fingerprint density at radius 3 is 2.68 bits per heavy atom. The summed E-state index contributed by atoms with van der Waals surface area (Å²) in [6, 6.07) is 8.69. The van der Waals surface area contributed by atoms with Crippen LogP contribution in [0.5, 0.6) is 11.5 Å². The van der Waals surface area contributed by atoms with Crippen LogP contribution < -0.4 is 16.0 Å². The lowest BCUT2D eigenvalue weighted by atomic mass is 10.3. The number of benzene rings is 1. The predicted octanol–water partition coefficient (Wildman–Crippen LogP) is 1.69. The van der Waals surface area contributed by atoms with E-state index >= 15 is 0 Å². The largest absolute Gasteiger partial charge is 0.455 e. The molecule has 19 heavy (non-hydrogen) atoms. The van der Waals surface area contributed by atoms with Gasteiger partial charge >= 0.3 is 0 Å². The maximum absolute atomic E-state index is 11.2. The van der Waals surface area contributed by atoms with Gasteiger partial charge < -0.3 is 15.5 Å². The first kappa shape index (κ1) is 11.2. The summed E-state index contributed by atoms with van der Waals surface area (Å²) in [5, 5.41) is 0. The highest BCUT2D eigenvalue weighted by Gasteiger charge is 2.06. The molecule has 2 aromatic heterocycles. The first-order valence-corrected chi connectivity index (χ1v) is 5.60. The number of nitrogen functional groups attached to an aromatic ring is 1. The van der Waals surface area contributed by atoms with Crippen molar-refractivity contribution in [1.29, 1.82) is 0 Å². The second kappa shape index (κ2) is 4.41. The molecule has 0 aliphatic rings. The second-order valence-electron chi connectivity index (χ2n) is 3.92. The Morgan fingerprint density at radius 2 is 1.89 bits per heavy atom. The second-order valence-corrected chi connectivity index (χ2v) is 3.92. The molecule has 0 bridgehead atoms. The van der Waals surface area contributed by atoms with Crippen molar-refractivity contribution < 1.29 is 4.74 Å². The molecule has 0 spiro atoms. The lowest BCUT2D eigenvalue weighted by Crippen LogP contribution is -2.06. The highest BCUT2D eigenvalue weighted by Crippen LogP contribution is 2.26. The lowest BCUT2D eigenvalue weighted by Gasteiger charge is -2.07. The molecular formula is C13H10N4O2. The third-order valence-electron chi connectivity index (χ3n) is 2.55. The molecule has 0 amide bonds. The number of anilines is 1. The van der Waals surface area contributed by atoms with Gasteiger partial charge in [0.15, 0.2) is 11.4 Å². The van der Waals surface area contributed by atoms with E-state index in [1.165, 1.54) is 6.20 Å². The number of pyridine rings is 1. The van der Waals surface area contributed by atoms with Crippen LogP contribution in [0.3, 0.4) is 0 Å². The Hall–Kier alpha value is -2.89. The number of nitrogens with zero attached hydrogens (tertiary/aromatic N) is 2. The fourth-order valence-corrected chi connectivity index (χ4v) is 1.67. The Kier molecular flexibility index (Phi) is 2.60. The summed E-state index contributed by atoms with van der Waals surface area (Å²) in [6.07, 6.45) is 2.74. The molecule has 3 rings (SSSR count). The lowest BCUT2D eigenvalue weighted by molar-refractivity contribution is 0.486. The Balaban J connectivity index is 2.05. The fourth-order valence-electron chi connectivity index (χ4n) is 1.67. The van der Waals surface area contributed by atoms with Crippen molar-refractivity contribution in [1.82, 2.24) is 15.0 Å². The van der Waals surface area contributed by atoms with E-state index in [4.69, 9.17) is 10.5 Å². The van der Waals surface area contributed by atoms with Crippen LogP contribution >= 0.6 is 0 Å². The standard InChI is InChI=1S/C13H10N4O2/c14-8-1-3-9(4-2-8)19-10-5-6-15-13-12(10)16-7-11(18)17-13/h1-7H,14H2,(H,15,17,18). The Morgan fingerprint density at radius 1 is 1.11 bits per heavy atom. The van der Waals surface area contributed by atoms with Crippen molar-refractivity contribution in [3.63, 3.8) is 0 Å². The number of aromatic nitrogens is 3. The zero-order valence-corrected chi connectivity index (χ0v) is 9.83. The molecular weight excluding hydrogens is 244 g/mol. The molecule has 0 fully saturated rings. The van der Waals surface area contributed by atoms with Gasteiger partial charge in [0.25, 0.3) is 5.56 Å². The van der Waals surface area contributed by atoms with E-state index < -0.39 is 0 Å². The molecule has 0 atom stereocenters. The number of nitrogens with one attached hydrogen (secondary N) is 1. The highest BCUT2D eigenvalue weighted by molar-refractivity contribution is 5.76. The van der Waals surface area contributed by atoms with Crippen LogP contribution in [0.25, 0.3) is 11.2 Å². The molecule has 6 heteroatoms. The van der Waals surface area contributed by atoms with Gasteiger partial charge in [-0.3, -0.25) is 4.79 Å². The van der Waals surface area contributed by atoms with Gasteiger partial charge in [0, 0.05) is 18.0 Å². The zero-order valence-electron chi connectivity index (χ0n) is 9.83. The van der Waals surface area contributed by atoms with E-state index in [0.717, 1.165) is 0 Å². The summed E-state index contributed by atoms with van der Waals surface area (Å²) in [4.78, 5) is 21.9. The zero-order chi connectivity index (χ0) is 13.2. The van der Waals surface area contributed by atoms with Crippen LogP contribution in [0, 0.1) is 0 Å². The number of hydrogen-bond acceptors (Lipinski definition) is 5. The van der Waals surface area contributed by atoms with Gasteiger partial charge in [-0.25, -0.2) is 9.97 Å². The third-order valence-corrected chi connectivity index (χ3v) is 2.55. The number of hydrogen-bond donors (Lipinski definition) is 2. The van der Waals surface area contributed by atoms with Crippen LogP contribution in [-0.4, -0.2) is 15.0 Å². The van der Waals surface area contributed by atoms with Crippen LogP contribution in [0.2, 0.25) is 0 Å². The molecule has 1 aromatic carbocycles. The van der Waals surface area contributed by atoms with E-state index in [1.54, 1.807) is 36.5 Å². The maximum Gasteiger partial charge on any atom is 0.268 e. The van der Waals surface area contributed by atoms with Gasteiger partial charge in [0.05, 0.1) is 6.20 Å². The average molecular weight is 254 g/mol. The molecule has 0 saturated carbocycles. The molecule has 3 N–H and O–H groups in total. The van der Waals surface area contributed by atoms with Crippen LogP contribution in [0.15, 0.2) is 47.5 Å². The molecule has 0 unspecified atom stereocenters. The summed E-state index contributed by atoms with van der Waals surface area (Å²) in [6.45, 7) is 0. The topological polar surface area (TPSA) is 93.9 Å². The monoisotopic (exact) mass is 254 g/mol. The summed E-state index contributed by atoms with van der Waals surface area (Å²) < 4.78 is 5.71. The van der Waals surface area contributed by atoms with Crippen molar-refractivity contribution in [3.8, 4) is 11.5 Å². The fraction of sp³-hybridized carbons (Fsp3) is 0. The van der Waals surface area contributed by atoms with Gasteiger partial charge in [-0.2, -0.15) is 0 Å². The third kappa shape index (κ3) is 2.23. The molecule has 94 valence electrons. The number of H-pyrrole nitrogens is 1. The smallest absolute Gasteiger partial charge is 0.268 e. The number of nitrogens with two attached hydrogens (primary N) is 1. The normalized spacial score (nSPS) is 10.5. The Bertz CT molecular complexity index is 781. The SMILES string of the molecule is Nc1ccc(Oc2ccnc3[nH]c(=O)cnc23)cc1. The average Bonchev–Trinajstić information content (AvgIpc) is 2.41. The number of fused-ring (bicyclic) bond motifs is 1. The Labute approximate surface area is 107 Å². The number of rotatable bonds is 2. The first-order valence-electron chi connectivity index (χ1n) is 5.60. The molecule has 2 heterocycles. The minimum absolute atomic E-state index is 0.301. The van der Waals surface area contributed by atoms with Gasteiger partial charge in [-0.05, 0) is 24.3 Å². The van der Waals surface area contributed by atoms with E-state index in [1.807, 2.05) is 0 Å². The molecule has 6 nitrogen and oxygen atoms in total. The van der Waals surface area contributed by atoms with E-state index in [2.05, 4.69) is 15.0 Å². The van der Waals surface area contributed by atoms with Crippen LogP contribution in [0.4, 0.5) is 5.69 Å². The van der Waals surface area contributed by atoms with Crippen molar-refractivity contribution in [2.75, 3.05) is 5.73 Å². The molecule has 0 aliphatic carbocycles. The van der Waals surface area contributed by atoms with Gasteiger partial charge in [0.1, 0.15) is 11.3 Å². The summed E-state index contributed by atoms with van der Waals surface area (Å²) in [5.41, 5.74) is 6.86. The molecule has 0 radical (unpaired) electrons. The number of aromatic amines is 1. The minimum atomic E-state index is -0.301. The van der Waals surface area contributed by atoms with Gasteiger partial charge in [-0.1, -0.05) is 0 Å². The predicted molar refractivity (Wildman–Crippen MR) is 71.1 cm³/mol. The summed E-state index contributed by atoms with van der Waals surface area (Å²) >= 11 is 0. The summed E-state index contributed by atoms with van der Waals surface area (Å²) in [5.74, 6) is 1.15. The van der Waals surface area contributed by atoms with Crippen LogP contribution in [0.1, 0.15) is 0 Å². The molecule has 0 aliphatic heterocycles. The molecule has 3 aromatic rings.